The Labute approximate surface area is 71.1 Å². The first kappa shape index (κ1) is 10.3. The van der Waals surface area contributed by atoms with E-state index in [1.807, 2.05) is 0 Å². The highest BCUT2D eigenvalue weighted by Gasteiger charge is 2.02. The molecule has 2 N–H and O–H groups in total. The van der Waals surface area contributed by atoms with Crippen LogP contribution in [0.5, 0.6) is 0 Å². The van der Waals surface area contributed by atoms with Gasteiger partial charge in [-0.15, -0.1) is 0 Å². The average molecular weight is 176 g/mol. The molecular formula is C6H12N2O2S. The van der Waals surface area contributed by atoms with Crippen LogP contribution in [0.3, 0.4) is 0 Å². The van der Waals surface area contributed by atoms with Gasteiger partial charge < -0.3 is 5.32 Å². The maximum atomic E-state index is 10.7. The molecule has 0 saturated heterocycles. The largest absolute Gasteiger partial charge is 0.337 e. The molecule has 0 rings (SSSR count). The predicted molar refractivity (Wildman–Crippen MR) is 45.7 cm³/mol. The van der Waals surface area contributed by atoms with Crippen LogP contribution in [0.25, 0.3) is 0 Å². The summed E-state index contributed by atoms with van der Waals surface area (Å²) in [6.45, 7) is 2.15. The molecular weight excluding hydrogens is 164 g/mol. The van der Waals surface area contributed by atoms with E-state index in [9.17, 15) is 9.59 Å². The molecule has 0 atom stereocenters. The zero-order valence-corrected chi connectivity index (χ0v) is 7.28. The molecule has 0 radical (unpaired) electrons. The van der Waals surface area contributed by atoms with E-state index in [2.05, 4.69) is 23.3 Å². The van der Waals surface area contributed by atoms with Gasteiger partial charge in [0.05, 0.1) is 0 Å². The van der Waals surface area contributed by atoms with Crippen LogP contribution in [0.4, 0.5) is 4.79 Å². The second-order valence-electron chi connectivity index (χ2n) is 1.88. The summed E-state index contributed by atoms with van der Waals surface area (Å²) in [6.07, 6.45) is 0.314. The number of thiol groups is 1. The third kappa shape index (κ3) is 5.72. The van der Waals surface area contributed by atoms with Crippen molar-refractivity contribution >= 4 is 24.6 Å². The van der Waals surface area contributed by atoms with E-state index < -0.39 is 6.03 Å². The number of urea groups is 1. The van der Waals surface area contributed by atoms with E-state index >= 15 is 0 Å². The van der Waals surface area contributed by atoms with Crippen molar-refractivity contribution in [1.82, 2.24) is 10.6 Å². The van der Waals surface area contributed by atoms with Gasteiger partial charge in [0, 0.05) is 18.7 Å². The Morgan fingerprint density at radius 1 is 1.45 bits per heavy atom. The van der Waals surface area contributed by atoms with Crippen LogP contribution in [-0.2, 0) is 4.79 Å². The molecule has 0 aromatic carbocycles. The number of carbonyl (C=O) groups is 2. The molecule has 0 aromatic rings. The van der Waals surface area contributed by atoms with Gasteiger partial charge in [0.25, 0.3) is 0 Å². The minimum atomic E-state index is -0.453. The Morgan fingerprint density at radius 2 is 2.09 bits per heavy atom. The van der Waals surface area contributed by atoms with Gasteiger partial charge in [0.1, 0.15) is 0 Å². The van der Waals surface area contributed by atoms with Crippen LogP contribution in [0.1, 0.15) is 13.3 Å². The normalized spacial score (nSPS) is 8.91. The molecule has 0 saturated carbocycles. The standard InChI is InChI=1S/C6H12N2O2S/c1-2-5(9)8-6(10)7-3-4-11/h11H,2-4H2,1H3,(H2,7,8,9,10). The summed E-state index contributed by atoms with van der Waals surface area (Å²) in [5, 5.41) is 4.59. The zero-order chi connectivity index (χ0) is 8.69. The van der Waals surface area contributed by atoms with Crippen LogP contribution in [-0.4, -0.2) is 24.2 Å². The maximum Gasteiger partial charge on any atom is 0.321 e. The summed E-state index contributed by atoms with van der Waals surface area (Å²) in [5.74, 6) is 0.287. The van der Waals surface area contributed by atoms with Gasteiger partial charge in [0.2, 0.25) is 5.91 Å². The molecule has 0 aliphatic carbocycles. The monoisotopic (exact) mass is 176 g/mol. The highest BCUT2D eigenvalue weighted by Crippen LogP contribution is 1.75. The molecule has 0 aliphatic rings. The van der Waals surface area contributed by atoms with E-state index in [1.54, 1.807) is 6.92 Å². The summed E-state index contributed by atoms with van der Waals surface area (Å²) in [4.78, 5) is 21.3. The summed E-state index contributed by atoms with van der Waals surface area (Å²) < 4.78 is 0. The van der Waals surface area contributed by atoms with Crippen molar-refractivity contribution in [1.29, 1.82) is 0 Å². The number of carbonyl (C=O) groups excluding carboxylic acids is 2. The third-order valence-corrected chi connectivity index (χ3v) is 1.20. The number of imide groups is 1. The van der Waals surface area contributed by atoms with E-state index in [4.69, 9.17) is 0 Å². The third-order valence-electron chi connectivity index (χ3n) is 0.971. The van der Waals surface area contributed by atoms with Gasteiger partial charge >= 0.3 is 6.03 Å². The lowest BCUT2D eigenvalue weighted by Crippen LogP contribution is -2.39. The molecule has 11 heavy (non-hydrogen) atoms. The SMILES string of the molecule is CCC(=O)NC(=O)NCCS. The number of rotatable bonds is 3. The van der Waals surface area contributed by atoms with Crippen LogP contribution in [0, 0.1) is 0 Å². The first-order valence-corrected chi connectivity index (χ1v) is 4.02. The van der Waals surface area contributed by atoms with Crippen LogP contribution < -0.4 is 10.6 Å². The fraction of sp³-hybridized carbons (Fsp3) is 0.667. The molecule has 4 nitrogen and oxygen atoms in total. The highest BCUT2D eigenvalue weighted by molar-refractivity contribution is 7.80. The molecule has 5 heteroatoms. The maximum absolute atomic E-state index is 10.7. The summed E-state index contributed by atoms with van der Waals surface area (Å²) in [7, 11) is 0. The lowest BCUT2D eigenvalue weighted by Gasteiger charge is -2.02. The van der Waals surface area contributed by atoms with Crippen molar-refractivity contribution < 1.29 is 9.59 Å². The quantitative estimate of drug-likeness (QED) is 0.536. The second kappa shape index (κ2) is 6.03. The van der Waals surface area contributed by atoms with E-state index in [0.717, 1.165) is 0 Å². The first-order chi connectivity index (χ1) is 5.20. The molecule has 0 aromatic heterocycles. The smallest absolute Gasteiger partial charge is 0.321 e. The number of nitrogens with one attached hydrogen (secondary N) is 2. The summed E-state index contributed by atoms with van der Waals surface area (Å²) >= 11 is 3.88. The average Bonchev–Trinajstić information content (AvgIpc) is 2.00. The lowest BCUT2D eigenvalue weighted by molar-refractivity contribution is -0.119. The number of hydrogen-bond acceptors (Lipinski definition) is 3. The Kier molecular flexibility index (Phi) is 5.64. The Bertz CT molecular complexity index is 150. The summed E-state index contributed by atoms with van der Waals surface area (Å²) in [5.41, 5.74) is 0. The topological polar surface area (TPSA) is 58.2 Å². The molecule has 0 aliphatic heterocycles. The predicted octanol–water partition coefficient (Wildman–Crippen LogP) is 0.152. The van der Waals surface area contributed by atoms with Crippen molar-refractivity contribution in [2.75, 3.05) is 12.3 Å². The van der Waals surface area contributed by atoms with Crippen molar-refractivity contribution in [3.63, 3.8) is 0 Å². The van der Waals surface area contributed by atoms with Crippen molar-refractivity contribution in [2.45, 2.75) is 13.3 Å². The molecule has 0 spiro atoms. The molecule has 0 unspecified atom stereocenters. The zero-order valence-electron chi connectivity index (χ0n) is 6.39. The van der Waals surface area contributed by atoms with Gasteiger partial charge in [-0.3, -0.25) is 10.1 Å². The van der Waals surface area contributed by atoms with Crippen LogP contribution in [0.2, 0.25) is 0 Å². The van der Waals surface area contributed by atoms with Crippen molar-refractivity contribution in [2.24, 2.45) is 0 Å². The Hall–Kier alpha value is -0.710. The second-order valence-corrected chi connectivity index (χ2v) is 2.33. The lowest BCUT2D eigenvalue weighted by atomic mass is 10.5. The molecule has 0 fully saturated rings. The van der Waals surface area contributed by atoms with E-state index in [-0.39, 0.29) is 5.91 Å². The van der Waals surface area contributed by atoms with Gasteiger partial charge in [-0.25, -0.2) is 4.79 Å². The van der Waals surface area contributed by atoms with E-state index in [0.29, 0.717) is 18.7 Å². The van der Waals surface area contributed by atoms with Gasteiger partial charge in [-0.2, -0.15) is 12.6 Å². The fourth-order valence-corrected chi connectivity index (χ4v) is 0.540. The van der Waals surface area contributed by atoms with Gasteiger partial charge in [-0.1, -0.05) is 6.92 Å². The van der Waals surface area contributed by atoms with E-state index in [1.165, 1.54) is 0 Å². The summed E-state index contributed by atoms with van der Waals surface area (Å²) in [6, 6.07) is -0.453. The number of amides is 3. The van der Waals surface area contributed by atoms with Crippen molar-refractivity contribution in [3.05, 3.63) is 0 Å². The van der Waals surface area contributed by atoms with Crippen LogP contribution in [0.15, 0.2) is 0 Å². The molecule has 0 bridgehead atoms. The molecule has 64 valence electrons. The minimum Gasteiger partial charge on any atom is -0.337 e. The highest BCUT2D eigenvalue weighted by atomic mass is 32.1. The Morgan fingerprint density at radius 3 is 2.55 bits per heavy atom. The van der Waals surface area contributed by atoms with Crippen molar-refractivity contribution in [3.8, 4) is 0 Å². The van der Waals surface area contributed by atoms with Gasteiger partial charge in [-0.05, 0) is 0 Å². The fourth-order valence-electron chi connectivity index (χ4n) is 0.429. The van der Waals surface area contributed by atoms with Gasteiger partial charge in [0.15, 0.2) is 0 Å². The van der Waals surface area contributed by atoms with Crippen LogP contribution >= 0.6 is 12.6 Å². The Balaban J connectivity index is 3.44. The molecule has 3 amide bonds. The minimum absolute atomic E-state index is 0.276. The first-order valence-electron chi connectivity index (χ1n) is 3.39. The molecule has 0 heterocycles. The number of hydrogen-bond donors (Lipinski definition) is 3.